The van der Waals surface area contributed by atoms with Crippen molar-refractivity contribution >= 4 is 45.7 Å². The van der Waals surface area contributed by atoms with Crippen molar-refractivity contribution in [2.75, 3.05) is 31.2 Å². The van der Waals surface area contributed by atoms with Crippen LogP contribution in [-0.2, 0) is 9.53 Å². The Morgan fingerprint density at radius 2 is 2.08 bits per heavy atom. The number of carbonyl (C=O) groups excluding carboxylic acids is 2. The van der Waals surface area contributed by atoms with E-state index in [9.17, 15) is 9.59 Å². The molecule has 0 spiro atoms. The number of amides is 2. The normalized spacial score (nSPS) is 14.8. The van der Waals surface area contributed by atoms with Crippen LogP contribution in [0.15, 0.2) is 28.3 Å². The molecule has 0 aliphatic carbocycles. The van der Waals surface area contributed by atoms with Gasteiger partial charge >= 0.3 is 0 Å². The topological polar surface area (TPSA) is 83.6 Å². The maximum atomic E-state index is 12.0. The van der Waals surface area contributed by atoms with Gasteiger partial charge in [-0.05, 0) is 28.5 Å². The lowest BCUT2D eigenvalue weighted by molar-refractivity contribution is -0.117. The number of aromatic nitrogens is 1. The van der Waals surface area contributed by atoms with E-state index in [2.05, 4.69) is 20.7 Å². The van der Waals surface area contributed by atoms with Crippen LogP contribution in [0.3, 0.4) is 0 Å². The Morgan fingerprint density at radius 3 is 2.83 bits per heavy atom. The van der Waals surface area contributed by atoms with Gasteiger partial charge in [-0.15, -0.1) is 11.3 Å². The van der Waals surface area contributed by atoms with Crippen molar-refractivity contribution in [1.82, 2.24) is 15.8 Å². The molecule has 24 heavy (non-hydrogen) atoms. The fourth-order valence-corrected chi connectivity index (χ4v) is 3.52. The van der Waals surface area contributed by atoms with Crippen molar-refractivity contribution in [3.05, 3.63) is 39.5 Å². The second-order valence-electron chi connectivity index (χ2n) is 4.95. The van der Waals surface area contributed by atoms with Crippen molar-refractivity contribution in [2.45, 2.75) is 0 Å². The molecule has 0 bridgehead atoms. The van der Waals surface area contributed by atoms with Crippen molar-refractivity contribution in [1.29, 1.82) is 0 Å². The van der Waals surface area contributed by atoms with Crippen LogP contribution >= 0.6 is 22.7 Å². The molecule has 0 aromatic carbocycles. The first-order valence-corrected chi connectivity index (χ1v) is 9.13. The molecule has 2 aromatic rings. The van der Waals surface area contributed by atoms with Gasteiger partial charge in [-0.3, -0.25) is 20.4 Å². The molecule has 1 fully saturated rings. The van der Waals surface area contributed by atoms with Crippen molar-refractivity contribution in [3.63, 3.8) is 0 Å². The third-order valence-electron chi connectivity index (χ3n) is 3.28. The predicted molar refractivity (Wildman–Crippen MR) is 94.1 cm³/mol. The summed E-state index contributed by atoms with van der Waals surface area (Å²) in [6, 6.07) is 1.90. The smallest absolute Gasteiger partial charge is 0.289 e. The van der Waals surface area contributed by atoms with Crippen molar-refractivity contribution < 1.29 is 14.3 Å². The minimum Gasteiger partial charge on any atom is -0.378 e. The van der Waals surface area contributed by atoms with Gasteiger partial charge in [-0.1, -0.05) is 0 Å². The van der Waals surface area contributed by atoms with Crippen LogP contribution in [0.1, 0.15) is 16.1 Å². The summed E-state index contributed by atoms with van der Waals surface area (Å²) < 4.78 is 5.29. The predicted octanol–water partition coefficient (Wildman–Crippen LogP) is 1.52. The number of hydrogen-bond acceptors (Lipinski definition) is 7. The summed E-state index contributed by atoms with van der Waals surface area (Å²) in [6.07, 6.45) is 3.04. The Morgan fingerprint density at radius 1 is 1.25 bits per heavy atom. The molecule has 0 radical (unpaired) electrons. The number of carbonyl (C=O) groups is 2. The van der Waals surface area contributed by atoms with Crippen molar-refractivity contribution in [3.8, 4) is 0 Å². The van der Waals surface area contributed by atoms with Crippen LogP contribution in [0, 0.1) is 0 Å². The van der Waals surface area contributed by atoms with Gasteiger partial charge in [0, 0.05) is 24.5 Å². The van der Waals surface area contributed by atoms with E-state index in [0.717, 1.165) is 23.8 Å². The number of thiophene rings is 1. The van der Waals surface area contributed by atoms with Crippen LogP contribution in [0.2, 0.25) is 0 Å². The van der Waals surface area contributed by atoms with Crippen LogP contribution in [0.5, 0.6) is 0 Å². The largest absolute Gasteiger partial charge is 0.378 e. The number of anilines is 1. The second-order valence-corrected chi connectivity index (χ2v) is 6.56. The van der Waals surface area contributed by atoms with E-state index in [1.54, 1.807) is 22.8 Å². The highest BCUT2D eigenvalue weighted by Gasteiger charge is 2.17. The van der Waals surface area contributed by atoms with Gasteiger partial charge in [-0.2, -0.15) is 11.3 Å². The lowest BCUT2D eigenvalue weighted by atomic mass is 10.3. The number of thiazole rings is 1. The molecule has 0 unspecified atom stereocenters. The van der Waals surface area contributed by atoms with Gasteiger partial charge in [0.2, 0.25) is 0 Å². The molecule has 3 rings (SSSR count). The Kier molecular flexibility index (Phi) is 5.57. The minimum absolute atomic E-state index is 0.281. The first kappa shape index (κ1) is 16.6. The number of nitrogens with zero attached hydrogens (tertiary/aromatic N) is 2. The van der Waals surface area contributed by atoms with E-state index >= 15 is 0 Å². The van der Waals surface area contributed by atoms with Crippen LogP contribution in [0.4, 0.5) is 5.13 Å². The third kappa shape index (κ3) is 4.40. The fraction of sp³-hybridized carbons (Fsp3) is 0.267. The highest BCUT2D eigenvalue weighted by Crippen LogP contribution is 2.21. The molecular formula is C15H16N4O3S2. The van der Waals surface area contributed by atoms with E-state index in [1.165, 1.54) is 17.4 Å². The molecule has 0 saturated carbocycles. The zero-order chi connectivity index (χ0) is 16.8. The van der Waals surface area contributed by atoms with E-state index in [4.69, 9.17) is 4.74 Å². The highest BCUT2D eigenvalue weighted by atomic mass is 32.1. The second kappa shape index (κ2) is 8.04. The molecule has 1 aliphatic heterocycles. The maximum absolute atomic E-state index is 12.0. The Hall–Kier alpha value is -2.23. The lowest BCUT2D eigenvalue weighted by Gasteiger charge is -2.25. The van der Waals surface area contributed by atoms with Crippen LogP contribution < -0.4 is 15.8 Å². The summed E-state index contributed by atoms with van der Waals surface area (Å²) in [6.45, 7) is 2.85. The van der Waals surface area contributed by atoms with Gasteiger partial charge in [0.05, 0.1) is 13.2 Å². The molecule has 0 atom stereocenters. The fourth-order valence-electron chi connectivity index (χ4n) is 2.03. The van der Waals surface area contributed by atoms with Crippen LogP contribution in [-0.4, -0.2) is 43.1 Å². The molecule has 9 heteroatoms. The monoisotopic (exact) mass is 364 g/mol. The number of hydrazine groups is 1. The third-order valence-corrected chi connectivity index (χ3v) is 4.88. The first-order chi connectivity index (χ1) is 11.7. The molecule has 2 N–H and O–H groups in total. The number of nitrogens with one attached hydrogen (secondary N) is 2. The van der Waals surface area contributed by atoms with Crippen LogP contribution in [0.25, 0.3) is 6.08 Å². The number of rotatable bonds is 4. The molecule has 7 nitrogen and oxygen atoms in total. The van der Waals surface area contributed by atoms with Crippen molar-refractivity contribution in [2.24, 2.45) is 0 Å². The molecule has 3 heterocycles. The average molecular weight is 364 g/mol. The Bertz CT molecular complexity index is 721. The molecule has 2 amide bonds. The molecule has 1 saturated heterocycles. The standard InChI is InChI=1S/C15H16N4O3S2/c20-13(2-1-11-3-8-23-9-11)17-18-14(21)12-10-24-15(16-12)19-4-6-22-7-5-19/h1-3,8-10H,4-7H2,(H,17,20)(H,18,21)/b2-1+. The summed E-state index contributed by atoms with van der Waals surface area (Å²) in [5, 5.41) is 6.30. The van der Waals surface area contributed by atoms with Gasteiger partial charge in [-0.25, -0.2) is 4.98 Å². The quantitative estimate of drug-likeness (QED) is 0.635. The van der Waals surface area contributed by atoms with Gasteiger partial charge in [0.1, 0.15) is 5.69 Å². The number of hydrogen-bond donors (Lipinski definition) is 2. The Balaban J connectivity index is 1.49. The highest BCUT2D eigenvalue weighted by molar-refractivity contribution is 7.14. The van der Waals surface area contributed by atoms with E-state index in [0.29, 0.717) is 13.2 Å². The zero-order valence-corrected chi connectivity index (χ0v) is 14.4. The van der Waals surface area contributed by atoms with E-state index in [1.807, 2.05) is 16.8 Å². The van der Waals surface area contributed by atoms with Gasteiger partial charge in [0.15, 0.2) is 5.13 Å². The first-order valence-electron chi connectivity index (χ1n) is 7.31. The average Bonchev–Trinajstić information content (AvgIpc) is 3.30. The molecule has 2 aromatic heterocycles. The van der Waals surface area contributed by atoms with E-state index in [-0.39, 0.29) is 5.69 Å². The molecule has 1 aliphatic rings. The van der Waals surface area contributed by atoms with Gasteiger partial charge < -0.3 is 9.64 Å². The summed E-state index contributed by atoms with van der Waals surface area (Å²) >= 11 is 2.95. The molecular weight excluding hydrogens is 348 g/mol. The summed E-state index contributed by atoms with van der Waals surface area (Å²) in [5.41, 5.74) is 5.92. The summed E-state index contributed by atoms with van der Waals surface area (Å²) in [4.78, 5) is 30.1. The maximum Gasteiger partial charge on any atom is 0.289 e. The Labute approximate surface area is 146 Å². The zero-order valence-electron chi connectivity index (χ0n) is 12.7. The summed E-state index contributed by atoms with van der Waals surface area (Å²) in [7, 11) is 0. The minimum atomic E-state index is -0.442. The SMILES string of the molecule is O=C(/C=C/c1ccsc1)NNC(=O)c1csc(N2CCOCC2)n1. The van der Waals surface area contributed by atoms with Gasteiger partial charge in [0.25, 0.3) is 11.8 Å². The summed E-state index contributed by atoms with van der Waals surface area (Å²) in [5.74, 6) is -0.846. The van der Waals surface area contributed by atoms with E-state index < -0.39 is 11.8 Å². The number of morpholine rings is 1. The number of ether oxygens (including phenoxy) is 1. The lowest BCUT2D eigenvalue weighted by Crippen LogP contribution is -2.41. The molecule has 126 valence electrons.